The Morgan fingerprint density at radius 3 is 2.55 bits per heavy atom. The summed E-state index contributed by atoms with van der Waals surface area (Å²) in [4.78, 5) is 11.6. The van der Waals surface area contributed by atoms with E-state index < -0.39 is 0 Å². The molecule has 20 heavy (non-hydrogen) atoms. The molecule has 1 rings (SSSR count). The Hall–Kier alpha value is -0.770. The van der Waals surface area contributed by atoms with Crippen molar-refractivity contribution in [2.45, 2.75) is 33.2 Å². The minimum atomic E-state index is 0.0700. The highest BCUT2D eigenvalue weighted by Gasteiger charge is 2.10. The molecule has 112 valence electrons. The van der Waals surface area contributed by atoms with Crippen LogP contribution in [0.1, 0.15) is 38.8 Å². The van der Waals surface area contributed by atoms with Crippen molar-refractivity contribution in [1.29, 1.82) is 0 Å². The Morgan fingerprint density at radius 2 is 1.95 bits per heavy atom. The zero-order chi connectivity index (χ0) is 15.1. The van der Waals surface area contributed by atoms with Gasteiger partial charge in [0, 0.05) is 35.6 Å². The number of benzene rings is 1. The Morgan fingerprint density at radius 1 is 1.25 bits per heavy atom. The van der Waals surface area contributed by atoms with Gasteiger partial charge in [-0.3, -0.25) is 4.79 Å². The third kappa shape index (κ3) is 6.12. The topological polar surface area (TPSA) is 41.1 Å². The molecule has 1 unspecified atom stereocenters. The second kappa shape index (κ2) is 8.50. The van der Waals surface area contributed by atoms with E-state index in [1.807, 2.05) is 19.1 Å². The first kappa shape index (κ1) is 17.3. The molecule has 1 aromatic rings. The summed E-state index contributed by atoms with van der Waals surface area (Å²) < 4.78 is 0. The summed E-state index contributed by atoms with van der Waals surface area (Å²) in [6, 6.07) is 5.53. The van der Waals surface area contributed by atoms with Gasteiger partial charge in [0.15, 0.2) is 0 Å². The van der Waals surface area contributed by atoms with Crippen molar-refractivity contribution < 1.29 is 4.79 Å². The lowest BCUT2D eigenvalue weighted by atomic mass is 10.1. The van der Waals surface area contributed by atoms with Crippen LogP contribution in [0, 0.1) is 5.92 Å². The van der Waals surface area contributed by atoms with Crippen molar-refractivity contribution in [3.05, 3.63) is 33.8 Å². The molecule has 0 bridgehead atoms. The maximum Gasteiger partial charge on any atom is 0.221 e. The quantitative estimate of drug-likeness (QED) is 0.803. The van der Waals surface area contributed by atoms with Crippen LogP contribution >= 0.6 is 23.2 Å². The molecule has 5 heteroatoms. The predicted octanol–water partition coefficient (Wildman–Crippen LogP) is 3.81. The second-order valence-corrected chi connectivity index (χ2v) is 6.13. The highest BCUT2D eigenvalue weighted by Crippen LogP contribution is 2.25. The van der Waals surface area contributed by atoms with Gasteiger partial charge in [-0.2, -0.15) is 0 Å². The lowest BCUT2D eigenvalue weighted by molar-refractivity contribution is -0.121. The number of nitrogens with one attached hydrogen (secondary N) is 2. The summed E-state index contributed by atoms with van der Waals surface area (Å²) in [5.41, 5.74) is 0.985. The van der Waals surface area contributed by atoms with Gasteiger partial charge >= 0.3 is 0 Å². The van der Waals surface area contributed by atoms with Crippen LogP contribution in [0.25, 0.3) is 0 Å². The molecule has 2 N–H and O–H groups in total. The van der Waals surface area contributed by atoms with E-state index in [-0.39, 0.29) is 11.9 Å². The number of hydrogen-bond acceptors (Lipinski definition) is 2. The Bertz CT molecular complexity index is 449. The zero-order valence-corrected chi connectivity index (χ0v) is 13.7. The minimum absolute atomic E-state index is 0.0700. The molecule has 0 fully saturated rings. The number of amides is 1. The monoisotopic (exact) mass is 316 g/mol. The van der Waals surface area contributed by atoms with E-state index in [1.54, 1.807) is 6.07 Å². The largest absolute Gasteiger partial charge is 0.356 e. The van der Waals surface area contributed by atoms with Gasteiger partial charge in [-0.1, -0.05) is 43.1 Å². The second-order valence-electron chi connectivity index (χ2n) is 5.29. The third-order valence-electron chi connectivity index (χ3n) is 2.94. The summed E-state index contributed by atoms with van der Waals surface area (Å²) in [6.07, 6.45) is 0.461. The van der Waals surface area contributed by atoms with Crippen LogP contribution in [0.5, 0.6) is 0 Å². The van der Waals surface area contributed by atoms with Gasteiger partial charge in [-0.25, -0.2) is 0 Å². The van der Waals surface area contributed by atoms with Crippen LogP contribution in [-0.2, 0) is 4.79 Å². The van der Waals surface area contributed by atoms with Crippen LogP contribution in [-0.4, -0.2) is 19.0 Å². The van der Waals surface area contributed by atoms with Crippen molar-refractivity contribution in [1.82, 2.24) is 10.6 Å². The fourth-order valence-electron chi connectivity index (χ4n) is 1.77. The maximum atomic E-state index is 11.6. The molecule has 0 radical (unpaired) electrons. The standard InChI is InChI=1S/C15H22Cl2N2O/c1-10(2)9-19-15(20)6-7-18-11(3)13-5-4-12(16)8-14(13)17/h4-5,8,10-11,18H,6-7,9H2,1-3H3,(H,19,20). The first-order chi connectivity index (χ1) is 9.40. The van der Waals surface area contributed by atoms with Gasteiger partial charge in [-0.15, -0.1) is 0 Å². The van der Waals surface area contributed by atoms with Crippen molar-refractivity contribution >= 4 is 29.1 Å². The molecule has 0 heterocycles. The first-order valence-electron chi connectivity index (χ1n) is 6.85. The minimum Gasteiger partial charge on any atom is -0.356 e. The lowest BCUT2D eigenvalue weighted by Gasteiger charge is -2.16. The number of halogens is 2. The van der Waals surface area contributed by atoms with Crippen LogP contribution in [0.15, 0.2) is 18.2 Å². The fraction of sp³-hybridized carbons (Fsp3) is 0.533. The molecule has 0 aromatic heterocycles. The average molecular weight is 317 g/mol. The molecule has 1 atom stereocenters. The molecular formula is C15H22Cl2N2O. The molecule has 0 saturated carbocycles. The SMILES string of the molecule is CC(C)CNC(=O)CCNC(C)c1ccc(Cl)cc1Cl. The van der Waals surface area contributed by atoms with Gasteiger partial charge in [0.05, 0.1) is 0 Å². The summed E-state index contributed by atoms with van der Waals surface area (Å²) in [5, 5.41) is 7.45. The van der Waals surface area contributed by atoms with Crippen molar-refractivity contribution in [3.63, 3.8) is 0 Å². The zero-order valence-electron chi connectivity index (χ0n) is 12.2. The molecule has 1 amide bonds. The number of rotatable bonds is 7. The summed E-state index contributed by atoms with van der Waals surface area (Å²) in [7, 11) is 0. The molecule has 1 aromatic carbocycles. The average Bonchev–Trinajstić information content (AvgIpc) is 2.36. The summed E-state index contributed by atoms with van der Waals surface area (Å²) in [6.45, 7) is 7.49. The molecular weight excluding hydrogens is 295 g/mol. The van der Waals surface area contributed by atoms with E-state index in [9.17, 15) is 4.79 Å². The van der Waals surface area contributed by atoms with E-state index in [1.165, 1.54) is 0 Å². The first-order valence-corrected chi connectivity index (χ1v) is 7.60. The van der Waals surface area contributed by atoms with E-state index in [0.717, 1.165) is 12.1 Å². The molecule has 0 aliphatic heterocycles. The number of carbonyl (C=O) groups is 1. The van der Waals surface area contributed by atoms with E-state index in [0.29, 0.717) is 28.9 Å². The van der Waals surface area contributed by atoms with Gasteiger partial charge in [0.1, 0.15) is 0 Å². The van der Waals surface area contributed by atoms with Gasteiger partial charge in [0.25, 0.3) is 0 Å². The molecule has 0 spiro atoms. The van der Waals surface area contributed by atoms with Crippen molar-refractivity contribution in [3.8, 4) is 0 Å². The van der Waals surface area contributed by atoms with E-state index >= 15 is 0 Å². The Balaban J connectivity index is 2.36. The third-order valence-corrected chi connectivity index (χ3v) is 3.50. The highest BCUT2D eigenvalue weighted by molar-refractivity contribution is 6.35. The van der Waals surface area contributed by atoms with Crippen LogP contribution in [0.3, 0.4) is 0 Å². The van der Waals surface area contributed by atoms with E-state index in [2.05, 4.69) is 24.5 Å². The Kier molecular flexibility index (Phi) is 7.35. The smallest absolute Gasteiger partial charge is 0.221 e. The molecule has 0 aliphatic rings. The fourth-order valence-corrected chi connectivity index (χ4v) is 2.34. The molecule has 3 nitrogen and oxygen atoms in total. The molecule has 0 saturated heterocycles. The van der Waals surface area contributed by atoms with E-state index in [4.69, 9.17) is 23.2 Å². The maximum absolute atomic E-state index is 11.6. The normalized spacial score (nSPS) is 12.5. The van der Waals surface area contributed by atoms with Crippen LogP contribution < -0.4 is 10.6 Å². The lowest BCUT2D eigenvalue weighted by Crippen LogP contribution is -2.31. The Labute approximate surface area is 131 Å². The van der Waals surface area contributed by atoms with Gasteiger partial charge < -0.3 is 10.6 Å². The predicted molar refractivity (Wildman–Crippen MR) is 85.3 cm³/mol. The summed E-state index contributed by atoms with van der Waals surface area (Å²) in [5.74, 6) is 0.541. The van der Waals surface area contributed by atoms with Gasteiger partial charge in [-0.05, 0) is 30.5 Å². The van der Waals surface area contributed by atoms with Gasteiger partial charge in [0.2, 0.25) is 5.91 Å². The number of carbonyl (C=O) groups excluding carboxylic acids is 1. The van der Waals surface area contributed by atoms with Crippen LogP contribution in [0.2, 0.25) is 10.0 Å². The summed E-state index contributed by atoms with van der Waals surface area (Å²) >= 11 is 12.0. The van der Waals surface area contributed by atoms with Crippen molar-refractivity contribution in [2.24, 2.45) is 5.92 Å². The highest BCUT2D eigenvalue weighted by atomic mass is 35.5. The van der Waals surface area contributed by atoms with Crippen molar-refractivity contribution in [2.75, 3.05) is 13.1 Å². The van der Waals surface area contributed by atoms with Crippen LogP contribution in [0.4, 0.5) is 0 Å². The molecule has 0 aliphatic carbocycles. The number of hydrogen-bond donors (Lipinski definition) is 2.